The second kappa shape index (κ2) is 15.6. The lowest BCUT2D eigenvalue weighted by Crippen LogP contribution is -2.71. The van der Waals surface area contributed by atoms with E-state index in [-0.39, 0.29) is 45.9 Å². The minimum atomic E-state index is -2.27. The number of ether oxygens (including phenoxy) is 2. The molecule has 1 aliphatic heterocycles. The second-order valence-corrected chi connectivity index (χ2v) is 13.6. The summed E-state index contributed by atoms with van der Waals surface area (Å²) in [6.07, 6.45) is 1.61. The maximum Gasteiger partial charge on any atom is 0.335 e. The van der Waals surface area contributed by atoms with Crippen molar-refractivity contribution >= 4 is 16.9 Å². The topological polar surface area (TPSA) is 195 Å². The van der Waals surface area contributed by atoms with Crippen molar-refractivity contribution in [2.45, 2.75) is 76.7 Å². The number of aromatic amines is 1. The number of fused-ring (bicyclic) bond motifs is 1. The number of phenols is 1. The van der Waals surface area contributed by atoms with Gasteiger partial charge in [0.05, 0.1) is 10.9 Å². The molecule has 49 heavy (non-hydrogen) atoms. The van der Waals surface area contributed by atoms with E-state index in [1.165, 1.54) is 36.6 Å². The number of aromatic hydroxyl groups is 1. The van der Waals surface area contributed by atoms with E-state index in [0.29, 0.717) is 23.9 Å². The summed E-state index contributed by atoms with van der Waals surface area (Å²) in [5.41, 5.74) is -0.482. The smallest absolute Gasteiger partial charge is 0.335 e. The quantitative estimate of drug-likeness (QED) is 0.0959. The molecule has 1 fully saturated rings. The van der Waals surface area contributed by atoms with E-state index in [4.69, 9.17) is 13.9 Å². The van der Waals surface area contributed by atoms with Gasteiger partial charge in [-0.05, 0) is 72.2 Å². The molecule has 12 heteroatoms. The zero-order valence-corrected chi connectivity index (χ0v) is 27.9. The molecule has 7 atom stereocenters. The zero-order valence-electron chi connectivity index (χ0n) is 27.9. The molecule has 7 N–H and O–H groups in total. The number of hydrogen-bond donors (Lipinski definition) is 7. The summed E-state index contributed by atoms with van der Waals surface area (Å²) < 4.78 is 17.3. The Labute approximate surface area is 284 Å². The van der Waals surface area contributed by atoms with Crippen molar-refractivity contribution in [2.75, 3.05) is 13.1 Å². The predicted octanol–water partition coefficient (Wildman–Crippen LogP) is 4.05. The van der Waals surface area contributed by atoms with Crippen LogP contribution in [0, 0.1) is 17.8 Å². The number of H-pyrrole nitrogens is 1. The van der Waals surface area contributed by atoms with Crippen LogP contribution in [0.4, 0.5) is 0 Å². The van der Waals surface area contributed by atoms with Crippen molar-refractivity contribution in [2.24, 2.45) is 17.8 Å². The molecule has 12 nitrogen and oxygen atoms in total. The van der Waals surface area contributed by atoms with Gasteiger partial charge in [0, 0.05) is 25.0 Å². The number of benzene rings is 2. The molecule has 0 aliphatic carbocycles. The van der Waals surface area contributed by atoms with Crippen LogP contribution < -0.4 is 15.5 Å². The van der Waals surface area contributed by atoms with Crippen LogP contribution in [0.5, 0.6) is 11.5 Å². The third-order valence-electron chi connectivity index (χ3n) is 9.46. The highest BCUT2D eigenvalue weighted by atomic mass is 16.7. The summed E-state index contributed by atoms with van der Waals surface area (Å²) in [4.78, 5) is 28.3. The van der Waals surface area contributed by atoms with Crippen LogP contribution in [0.3, 0.4) is 0 Å². The highest BCUT2D eigenvalue weighted by Gasteiger charge is 2.58. The van der Waals surface area contributed by atoms with Gasteiger partial charge in [0.2, 0.25) is 6.29 Å². The molecular formula is C37H46N2O10. The average molecular weight is 679 g/mol. The van der Waals surface area contributed by atoms with Gasteiger partial charge in [-0.3, -0.25) is 4.79 Å². The number of aliphatic carboxylic acids is 1. The van der Waals surface area contributed by atoms with Gasteiger partial charge in [-0.2, -0.15) is 0 Å². The lowest BCUT2D eigenvalue weighted by Gasteiger charge is -2.47. The van der Waals surface area contributed by atoms with E-state index in [2.05, 4.69) is 31.1 Å². The first-order valence-electron chi connectivity index (χ1n) is 16.7. The Kier molecular flexibility index (Phi) is 11.5. The summed E-state index contributed by atoms with van der Waals surface area (Å²) >= 11 is 0. The molecule has 5 rings (SSSR count). The molecule has 1 saturated heterocycles. The molecular weight excluding hydrogens is 632 g/mol. The van der Waals surface area contributed by atoms with Crippen molar-refractivity contribution in [1.82, 2.24) is 10.3 Å². The molecule has 2 aromatic heterocycles. The van der Waals surface area contributed by atoms with Gasteiger partial charge in [-0.1, -0.05) is 52.2 Å². The van der Waals surface area contributed by atoms with Crippen LogP contribution in [0.1, 0.15) is 45.6 Å². The number of aromatic nitrogens is 1. The van der Waals surface area contributed by atoms with Gasteiger partial charge in [-0.15, -0.1) is 0 Å². The Hall–Kier alpha value is -4.20. The van der Waals surface area contributed by atoms with Gasteiger partial charge < -0.3 is 49.7 Å². The highest BCUT2D eigenvalue weighted by Crippen LogP contribution is 2.34. The van der Waals surface area contributed by atoms with Gasteiger partial charge in [0.15, 0.2) is 17.1 Å². The summed E-state index contributed by atoms with van der Waals surface area (Å²) in [7, 11) is 0. The van der Waals surface area contributed by atoms with Gasteiger partial charge in [0.1, 0.15) is 35.6 Å². The van der Waals surface area contributed by atoms with Crippen LogP contribution in [-0.4, -0.2) is 79.8 Å². The third-order valence-corrected chi connectivity index (χ3v) is 9.46. The number of rotatable bonds is 15. The molecule has 1 aliphatic rings. The summed E-state index contributed by atoms with van der Waals surface area (Å²) in [5, 5.41) is 56.5. The van der Waals surface area contributed by atoms with E-state index in [9.17, 15) is 35.1 Å². The molecule has 0 spiro atoms. The van der Waals surface area contributed by atoms with Crippen LogP contribution in [0.2, 0.25) is 0 Å². The summed E-state index contributed by atoms with van der Waals surface area (Å²) in [6, 6.07) is 12.4. The van der Waals surface area contributed by atoms with Crippen molar-refractivity contribution in [3.63, 3.8) is 0 Å². The van der Waals surface area contributed by atoms with Gasteiger partial charge in [0.25, 0.3) is 0 Å². The van der Waals surface area contributed by atoms with Crippen LogP contribution >= 0.6 is 0 Å². The Morgan fingerprint density at radius 3 is 2.51 bits per heavy atom. The molecule has 4 aromatic rings. The van der Waals surface area contributed by atoms with Gasteiger partial charge >= 0.3 is 5.97 Å². The number of phenolic OH excluding ortho intramolecular Hbond substituents is 1. The largest absolute Gasteiger partial charge is 0.508 e. The first kappa shape index (κ1) is 36.1. The number of nitrogens with one attached hydrogen (secondary N) is 2. The summed E-state index contributed by atoms with van der Waals surface area (Å²) in [6.45, 7) is 6.77. The van der Waals surface area contributed by atoms with E-state index < -0.39 is 36.2 Å². The molecule has 0 bridgehead atoms. The van der Waals surface area contributed by atoms with Gasteiger partial charge in [-0.25, -0.2) is 4.79 Å². The van der Waals surface area contributed by atoms with Crippen LogP contribution in [-0.2, 0) is 16.0 Å². The van der Waals surface area contributed by atoms with E-state index in [0.717, 1.165) is 31.2 Å². The fourth-order valence-electron chi connectivity index (χ4n) is 6.40. The van der Waals surface area contributed by atoms with E-state index >= 15 is 0 Å². The molecule has 3 heterocycles. The lowest BCUT2D eigenvalue weighted by atomic mass is 9.83. The Morgan fingerprint density at radius 1 is 1.08 bits per heavy atom. The Morgan fingerprint density at radius 2 is 1.84 bits per heavy atom. The minimum absolute atomic E-state index is 0.0572. The highest BCUT2D eigenvalue weighted by molar-refractivity contribution is 5.82. The molecule has 0 radical (unpaired) electrons. The predicted molar refractivity (Wildman–Crippen MR) is 182 cm³/mol. The molecule has 2 aromatic carbocycles. The van der Waals surface area contributed by atoms with Crippen molar-refractivity contribution in [1.29, 1.82) is 0 Å². The van der Waals surface area contributed by atoms with Crippen molar-refractivity contribution in [3.05, 3.63) is 83.0 Å². The fraction of sp³-hybridized carbons (Fsp3) is 0.459. The molecule has 264 valence electrons. The van der Waals surface area contributed by atoms with Crippen molar-refractivity contribution < 1.29 is 44.2 Å². The number of carboxylic acid groups (broad SMARTS) is 1. The first-order chi connectivity index (χ1) is 23.4. The average Bonchev–Trinajstić information content (AvgIpc) is 3.58. The number of aliphatic hydroxyl groups is 3. The Balaban J connectivity index is 1.36. The van der Waals surface area contributed by atoms with Crippen LogP contribution in [0.25, 0.3) is 22.1 Å². The first-order valence-corrected chi connectivity index (χ1v) is 16.7. The number of carbonyl (C=O) groups is 1. The SMILES string of the molecule is CC(C)CCCC(C)C(CNCC1(O)C(Oc2ccc3c(=O)c(-c4ccc(O)cc4)coc3c2)OC(C(=O)O)C(O)C1O)Cc1cc[nH]c1. The maximum absolute atomic E-state index is 13.3. The lowest BCUT2D eigenvalue weighted by molar-refractivity contribution is -0.311. The standard InChI is InChI=1S/C37H46N2O10/c1-21(2)5-4-6-22(3)25(15-23-13-14-38-17-23)18-39-20-37(46)34(43)32(42)33(35(44)45)49-36(37)48-27-11-12-28-30(16-27)47-19-29(31(28)41)24-7-9-26(40)10-8-24/h7-14,16-17,19,21-22,25,32-34,36,38-40,42-43,46H,4-6,15,18,20H2,1-3H3,(H,44,45). The molecule has 0 saturated carbocycles. The third kappa shape index (κ3) is 8.34. The Bertz CT molecular complexity index is 1740. The normalized spacial score (nSPS) is 23.8. The van der Waals surface area contributed by atoms with Crippen molar-refractivity contribution in [3.8, 4) is 22.6 Å². The second-order valence-electron chi connectivity index (χ2n) is 13.6. The fourth-order valence-corrected chi connectivity index (χ4v) is 6.40. The molecule has 0 amide bonds. The minimum Gasteiger partial charge on any atom is -0.508 e. The number of hydrogen-bond acceptors (Lipinski definition) is 10. The monoisotopic (exact) mass is 678 g/mol. The maximum atomic E-state index is 13.3. The number of carboxylic acids is 1. The van der Waals surface area contributed by atoms with E-state index in [1.807, 2.05) is 18.5 Å². The van der Waals surface area contributed by atoms with Crippen LogP contribution in [0.15, 0.2) is 76.4 Å². The summed E-state index contributed by atoms with van der Waals surface area (Å²) in [5.74, 6) is -0.313. The number of aliphatic hydroxyl groups excluding tert-OH is 2. The van der Waals surface area contributed by atoms with E-state index in [1.54, 1.807) is 12.1 Å². The zero-order chi connectivity index (χ0) is 35.3. The molecule has 7 unspecified atom stereocenters.